The minimum Gasteiger partial charge on any atom is -0.304 e. The van der Waals surface area contributed by atoms with Crippen LogP contribution in [0.25, 0.3) is 40.2 Å². The first kappa shape index (κ1) is 17.9. The molecule has 0 unspecified atom stereocenters. The van der Waals surface area contributed by atoms with Gasteiger partial charge in [-0.25, -0.2) is 9.37 Å². The smallest absolute Gasteiger partial charge is 0.138 e. The van der Waals surface area contributed by atoms with Gasteiger partial charge in [0.15, 0.2) is 0 Å². The van der Waals surface area contributed by atoms with E-state index < -0.39 is 0 Å². The van der Waals surface area contributed by atoms with Crippen LogP contribution in [0.5, 0.6) is 0 Å². The Bertz CT molecular complexity index is 1210. The van der Waals surface area contributed by atoms with Crippen LogP contribution in [0.4, 0.5) is 4.39 Å². The summed E-state index contributed by atoms with van der Waals surface area (Å²) >= 11 is 0. The molecule has 0 fully saturated rings. The van der Waals surface area contributed by atoms with Gasteiger partial charge in [-0.05, 0) is 48.7 Å². The number of halogens is 1. The van der Waals surface area contributed by atoms with E-state index >= 15 is 0 Å². The van der Waals surface area contributed by atoms with Crippen molar-refractivity contribution in [2.75, 3.05) is 0 Å². The fraction of sp³-hybridized carbons (Fsp3) is 0.0800. The molecule has 28 heavy (non-hydrogen) atoms. The van der Waals surface area contributed by atoms with Crippen molar-refractivity contribution in [1.29, 1.82) is 0 Å². The van der Waals surface area contributed by atoms with E-state index in [2.05, 4.69) is 6.58 Å². The average molecular weight is 368 g/mol. The zero-order valence-electron chi connectivity index (χ0n) is 16.0. The zero-order valence-corrected chi connectivity index (χ0v) is 16.0. The maximum absolute atomic E-state index is 14.9. The molecule has 0 atom stereocenters. The van der Waals surface area contributed by atoms with Gasteiger partial charge in [0.2, 0.25) is 0 Å². The van der Waals surface area contributed by atoms with Crippen molar-refractivity contribution in [3.05, 3.63) is 96.1 Å². The van der Waals surface area contributed by atoms with Gasteiger partial charge in [0, 0.05) is 23.0 Å². The van der Waals surface area contributed by atoms with Gasteiger partial charge < -0.3 is 4.40 Å². The molecule has 0 spiro atoms. The van der Waals surface area contributed by atoms with Gasteiger partial charge in [-0.1, -0.05) is 61.2 Å². The summed E-state index contributed by atoms with van der Waals surface area (Å²) < 4.78 is 16.9. The van der Waals surface area contributed by atoms with E-state index in [9.17, 15) is 4.39 Å². The average Bonchev–Trinajstić information content (AvgIpc) is 3.04. The Hall–Kier alpha value is -3.46. The maximum atomic E-state index is 14.9. The molecule has 2 heterocycles. The van der Waals surface area contributed by atoms with E-state index in [0.29, 0.717) is 5.56 Å². The number of aromatic nitrogens is 2. The highest BCUT2D eigenvalue weighted by molar-refractivity contribution is 5.84. The van der Waals surface area contributed by atoms with Crippen LogP contribution >= 0.6 is 0 Å². The van der Waals surface area contributed by atoms with Gasteiger partial charge >= 0.3 is 0 Å². The normalized spacial score (nSPS) is 11.4. The zero-order chi connectivity index (χ0) is 19.7. The molecule has 0 aliphatic rings. The number of hydrogen-bond acceptors (Lipinski definition) is 1. The van der Waals surface area contributed by atoms with Crippen molar-refractivity contribution in [3.8, 4) is 22.4 Å². The number of aryl methyl sites for hydroxylation is 1. The molecular formula is C25H21FN2. The molecule has 138 valence electrons. The predicted molar refractivity (Wildman–Crippen MR) is 116 cm³/mol. The van der Waals surface area contributed by atoms with Crippen LogP contribution in [-0.4, -0.2) is 9.38 Å². The summed E-state index contributed by atoms with van der Waals surface area (Å²) in [4.78, 5) is 4.84. The Morgan fingerprint density at radius 2 is 1.75 bits per heavy atom. The number of imidazole rings is 1. The molecule has 0 amide bonds. The fourth-order valence-electron chi connectivity index (χ4n) is 3.54. The lowest BCUT2D eigenvalue weighted by molar-refractivity contribution is 0.631. The summed E-state index contributed by atoms with van der Waals surface area (Å²) in [5.41, 5.74) is 6.92. The number of allylic oxidation sites excluding steroid dienone is 1. The highest BCUT2D eigenvalue weighted by Crippen LogP contribution is 2.35. The molecule has 0 aliphatic carbocycles. The first-order chi connectivity index (χ1) is 13.6. The van der Waals surface area contributed by atoms with Crippen molar-refractivity contribution < 1.29 is 4.39 Å². The van der Waals surface area contributed by atoms with Crippen molar-refractivity contribution in [1.82, 2.24) is 9.38 Å². The quantitative estimate of drug-likeness (QED) is 0.387. The van der Waals surface area contributed by atoms with E-state index in [0.717, 1.165) is 39.3 Å². The van der Waals surface area contributed by atoms with E-state index in [-0.39, 0.29) is 5.82 Å². The molecule has 3 heteroatoms. The molecular weight excluding hydrogens is 347 g/mol. The van der Waals surface area contributed by atoms with Crippen molar-refractivity contribution in [3.63, 3.8) is 0 Å². The Labute approximate surface area is 164 Å². The molecule has 0 N–H and O–H groups in total. The molecule has 2 aromatic carbocycles. The number of benzene rings is 2. The number of nitrogens with zero attached hydrogens (tertiary/aromatic N) is 2. The summed E-state index contributed by atoms with van der Waals surface area (Å²) in [7, 11) is 0. The van der Waals surface area contributed by atoms with E-state index in [4.69, 9.17) is 4.98 Å². The van der Waals surface area contributed by atoms with E-state index in [1.165, 1.54) is 0 Å². The Kier molecular flexibility index (Phi) is 4.66. The summed E-state index contributed by atoms with van der Waals surface area (Å²) in [6.07, 6.45) is 7.59. The Morgan fingerprint density at radius 1 is 0.964 bits per heavy atom. The fourth-order valence-corrected chi connectivity index (χ4v) is 3.54. The van der Waals surface area contributed by atoms with Crippen molar-refractivity contribution in [2.24, 2.45) is 0 Å². The van der Waals surface area contributed by atoms with Crippen LogP contribution in [0.3, 0.4) is 0 Å². The monoisotopic (exact) mass is 368 g/mol. The third-order valence-electron chi connectivity index (χ3n) is 4.95. The highest BCUT2D eigenvalue weighted by atomic mass is 19.1. The van der Waals surface area contributed by atoms with E-state index in [1.807, 2.05) is 85.1 Å². The van der Waals surface area contributed by atoms with Crippen LogP contribution in [0.15, 0.2) is 73.4 Å². The molecule has 0 radical (unpaired) electrons. The molecule has 2 aromatic heterocycles. The van der Waals surface area contributed by atoms with E-state index in [1.54, 1.807) is 12.1 Å². The molecule has 4 aromatic rings. The van der Waals surface area contributed by atoms with Crippen molar-refractivity contribution in [2.45, 2.75) is 13.8 Å². The van der Waals surface area contributed by atoms with Crippen LogP contribution < -0.4 is 0 Å². The first-order valence-electron chi connectivity index (χ1n) is 9.25. The summed E-state index contributed by atoms with van der Waals surface area (Å²) in [5, 5.41) is 0. The lowest BCUT2D eigenvalue weighted by Crippen LogP contribution is -1.92. The third kappa shape index (κ3) is 3.05. The number of pyridine rings is 1. The topological polar surface area (TPSA) is 17.3 Å². The van der Waals surface area contributed by atoms with Gasteiger partial charge in [0.1, 0.15) is 11.5 Å². The molecule has 0 aliphatic heterocycles. The van der Waals surface area contributed by atoms with Gasteiger partial charge in [0.05, 0.1) is 5.69 Å². The third-order valence-corrected chi connectivity index (χ3v) is 4.95. The van der Waals surface area contributed by atoms with Gasteiger partial charge in [0.25, 0.3) is 0 Å². The SMILES string of the molecule is C=Cc1ccn2c(C)c(-c3ccccc3-c3ccc(/C=C/C)cc3F)nc2c1. The minimum atomic E-state index is -0.238. The highest BCUT2D eigenvalue weighted by Gasteiger charge is 2.16. The standard InChI is InChI=1S/C25H21FN2/c1-4-8-19-11-12-21(23(26)15-19)20-9-6-7-10-22(20)25-17(3)28-14-13-18(5-2)16-24(28)27-25/h4-16H,2H2,1,3H3/b8-4+. The van der Waals surface area contributed by atoms with Crippen LogP contribution in [0.2, 0.25) is 0 Å². The van der Waals surface area contributed by atoms with Gasteiger partial charge in [-0.2, -0.15) is 0 Å². The Morgan fingerprint density at radius 3 is 2.46 bits per heavy atom. The second kappa shape index (κ2) is 7.28. The Balaban J connectivity index is 1.91. The minimum absolute atomic E-state index is 0.238. The first-order valence-corrected chi connectivity index (χ1v) is 9.25. The lowest BCUT2D eigenvalue weighted by Gasteiger charge is -2.10. The van der Waals surface area contributed by atoms with Gasteiger partial charge in [-0.3, -0.25) is 0 Å². The molecule has 0 saturated heterocycles. The maximum Gasteiger partial charge on any atom is 0.138 e. The molecule has 0 bridgehead atoms. The second-order valence-electron chi connectivity index (χ2n) is 6.72. The van der Waals surface area contributed by atoms with Crippen LogP contribution in [0, 0.1) is 12.7 Å². The lowest BCUT2D eigenvalue weighted by atomic mass is 9.95. The molecule has 2 nitrogen and oxygen atoms in total. The van der Waals surface area contributed by atoms with Crippen LogP contribution in [0.1, 0.15) is 23.7 Å². The summed E-state index contributed by atoms with van der Waals surface area (Å²) in [6.45, 7) is 7.78. The summed E-state index contributed by atoms with van der Waals surface area (Å²) in [5.74, 6) is -0.238. The van der Waals surface area contributed by atoms with Crippen LogP contribution in [-0.2, 0) is 0 Å². The predicted octanol–water partition coefficient (Wildman–Crippen LogP) is 6.79. The molecule has 0 saturated carbocycles. The number of rotatable bonds is 4. The largest absolute Gasteiger partial charge is 0.304 e. The van der Waals surface area contributed by atoms with Crippen molar-refractivity contribution >= 4 is 17.8 Å². The number of hydrogen-bond donors (Lipinski definition) is 0. The van der Waals surface area contributed by atoms with Gasteiger partial charge in [-0.15, -0.1) is 0 Å². The molecule has 4 rings (SSSR count). The second-order valence-corrected chi connectivity index (χ2v) is 6.72. The summed E-state index contributed by atoms with van der Waals surface area (Å²) in [6, 6.07) is 17.2. The number of fused-ring (bicyclic) bond motifs is 1.